The fourth-order valence-corrected chi connectivity index (χ4v) is 6.66. The van der Waals surface area contributed by atoms with E-state index in [1.165, 1.54) is 27.5 Å². The highest BCUT2D eigenvalue weighted by Crippen LogP contribution is 2.28. The third-order valence-corrected chi connectivity index (χ3v) is 9.22. The number of amidine groups is 1. The van der Waals surface area contributed by atoms with Crippen LogP contribution in [-0.2, 0) is 26.0 Å². The maximum atomic E-state index is 12.8. The van der Waals surface area contributed by atoms with E-state index in [0.717, 1.165) is 37.3 Å². The standard InChI is InChI=1S/C24H31N5O4S2/c1-17-14-22(18(2)29(17)15-20-4-3-11-33-20)23-16-34-24(27-26-23)25-19-5-7-21(8-6-19)35(30,31)28-9-12-32-13-10-28/h5-8,14,16,20,26H,3-4,9-13,15H2,1-2H3,(H,25,27)/t20-/m1/s1. The largest absolute Gasteiger partial charge is 0.379 e. The van der Waals surface area contributed by atoms with Gasteiger partial charge in [-0.1, -0.05) is 11.8 Å². The fraction of sp³-hybridized carbons (Fsp3) is 0.458. The Bertz CT molecular complexity index is 1230. The Balaban J connectivity index is 1.26. The second-order valence-corrected chi connectivity index (χ2v) is 11.7. The van der Waals surface area contributed by atoms with Crippen molar-refractivity contribution in [3.8, 4) is 0 Å². The van der Waals surface area contributed by atoms with Crippen LogP contribution in [0.3, 0.4) is 0 Å². The molecule has 0 unspecified atom stereocenters. The Labute approximate surface area is 210 Å². The van der Waals surface area contributed by atoms with Crippen LogP contribution in [0.5, 0.6) is 0 Å². The molecule has 3 aliphatic heterocycles. The van der Waals surface area contributed by atoms with E-state index in [-0.39, 0.29) is 4.90 Å². The summed E-state index contributed by atoms with van der Waals surface area (Å²) >= 11 is 1.49. The first-order valence-corrected chi connectivity index (χ1v) is 14.2. The van der Waals surface area contributed by atoms with Crippen molar-refractivity contribution in [1.29, 1.82) is 0 Å². The van der Waals surface area contributed by atoms with E-state index in [0.29, 0.717) is 43.3 Å². The number of hydrogen-bond acceptors (Lipinski definition) is 7. The van der Waals surface area contributed by atoms with Crippen LogP contribution < -0.4 is 10.9 Å². The molecule has 2 N–H and O–H groups in total. The molecule has 1 atom stereocenters. The number of hydrazine groups is 1. The first kappa shape index (κ1) is 24.4. The number of hydrogen-bond donors (Lipinski definition) is 2. The zero-order valence-corrected chi connectivity index (χ0v) is 21.6. The van der Waals surface area contributed by atoms with Gasteiger partial charge in [0.2, 0.25) is 10.0 Å². The second kappa shape index (κ2) is 10.4. The summed E-state index contributed by atoms with van der Waals surface area (Å²) in [6.07, 6.45) is 2.55. The lowest BCUT2D eigenvalue weighted by molar-refractivity contribution is 0.0730. The molecule has 0 aliphatic carbocycles. The van der Waals surface area contributed by atoms with Crippen LogP contribution in [0.4, 0.5) is 5.69 Å². The van der Waals surface area contributed by atoms with E-state index in [4.69, 9.17) is 9.47 Å². The van der Waals surface area contributed by atoms with Gasteiger partial charge in [0.1, 0.15) is 0 Å². The van der Waals surface area contributed by atoms with Gasteiger partial charge in [0.15, 0.2) is 5.17 Å². The lowest BCUT2D eigenvalue weighted by Crippen LogP contribution is -2.40. The number of ether oxygens (including phenoxy) is 2. The monoisotopic (exact) mass is 517 g/mol. The van der Waals surface area contributed by atoms with E-state index >= 15 is 0 Å². The van der Waals surface area contributed by atoms with Gasteiger partial charge in [-0.15, -0.1) is 0 Å². The third kappa shape index (κ3) is 5.29. The predicted octanol–water partition coefficient (Wildman–Crippen LogP) is 3.13. The summed E-state index contributed by atoms with van der Waals surface area (Å²) in [5.41, 5.74) is 11.7. The number of benzene rings is 1. The van der Waals surface area contributed by atoms with Gasteiger partial charge in [0, 0.05) is 48.6 Å². The zero-order chi connectivity index (χ0) is 24.4. The summed E-state index contributed by atoms with van der Waals surface area (Å²) in [7, 11) is -3.51. The molecule has 0 spiro atoms. The molecule has 35 heavy (non-hydrogen) atoms. The molecule has 188 valence electrons. The van der Waals surface area contributed by atoms with Gasteiger partial charge >= 0.3 is 0 Å². The lowest BCUT2D eigenvalue weighted by atomic mass is 10.2. The minimum Gasteiger partial charge on any atom is -0.379 e. The van der Waals surface area contributed by atoms with Gasteiger partial charge in [-0.2, -0.15) is 4.31 Å². The molecule has 11 heteroatoms. The number of thioether (sulfide) groups is 1. The van der Waals surface area contributed by atoms with Gasteiger partial charge in [0.25, 0.3) is 0 Å². The number of sulfonamides is 1. The minimum atomic E-state index is -3.51. The number of aromatic nitrogens is 1. The average Bonchev–Trinajstić information content (AvgIpc) is 3.49. The van der Waals surface area contributed by atoms with E-state index in [1.54, 1.807) is 24.3 Å². The SMILES string of the molecule is Cc1cc(C2=CSC(=Nc3ccc(S(=O)(=O)N4CCOCC4)cc3)NN2)c(C)n1C[C@H]1CCCO1. The smallest absolute Gasteiger partial charge is 0.243 e. The highest BCUT2D eigenvalue weighted by molar-refractivity contribution is 8.16. The maximum Gasteiger partial charge on any atom is 0.243 e. The van der Waals surface area contributed by atoms with Gasteiger partial charge in [0.05, 0.1) is 35.6 Å². The molecule has 0 bridgehead atoms. The second-order valence-electron chi connectivity index (χ2n) is 8.86. The van der Waals surface area contributed by atoms with Gasteiger partial charge < -0.3 is 14.0 Å². The molecule has 2 fully saturated rings. The molecule has 3 aliphatic rings. The van der Waals surface area contributed by atoms with Crippen molar-refractivity contribution in [2.45, 2.75) is 44.2 Å². The average molecular weight is 518 g/mol. The first-order chi connectivity index (χ1) is 16.9. The Hall–Kier alpha value is -2.31. The Morgan fingerprint density at radius 3 is 2.54 bits per heavy atom. The summed E-state index contributed by atoms with van der Waals surface area (Å²) in [6, 6.07) is 8.85. The molecule has 0 saturated carbocycles. The number of morpholine rings is 1. The van der Waals surface area contributed by atoms with Crippen LogP contribution in [0.1, 0.15) is 29.8 Å². The molecule has 4 heterocycles. The first-order valence-electron chi connectivity index (χ1n) is 11.9. The van der Waals surface area contributed by atoms with E-state index in [2.05, 4.69) is 40.3 Å². The van der Waals surface area contributed by atoms with Crippen LogP contribution in [0.25, 0.3) is 5.70 Å². The zero-order valence-electron chi connectivity index (χ0n) is 20.0. The number of aryl methyl sites for hydroxylation is 1. The summed E-state index contributed by atoms with van der Waals surface area (Å²) < 4.78 is 40.5. The van der Waals surface area contributed by atoms with Crippen LogP contribution >= 0.6 is 11.8 Å². The molecule has 0 amide bonds. The Morgan fingerprint density at radius 2 is 1.89 bits per heavy atom. The Morgan fingerprint density at radius 1 is 1.11 bits per heavy atom. The van der Waals surface area contributed by atoms with Crippen molar-refractivity contribution in [2.75, 3.05) is 32.9 Å². The number of aliphatic imine (C=N–C) groups is 1. The molecular formula is C24H31N5O4S2. The topological polar surface area (TPSA) is 97.2 Å². The molecular weight excluding hydrogens is 486 g/mol. The molecule has 1 aromatic heterocycles. The predicted molar refractivity (Wildman–Crippen MR) is 138 cm³/mol. The van der Waals surface area contributed by atoms with Crippen molar-refractivity contribution < 1.29 is 17.9 Å². The van der Waals surface area contributed by atoms with E-state index < -0.39 is 10.0 Å². The minimum absolute atomic E-state index is 0.270. The van der Waals surface area contributed by atoms with Gasteiger partial charge in [-0.25, -0.2) is 13.4 Å². The molecule has 9 nitrogen and oxygen atoms in total. The molecule has 2 aromatic rings. The normalized spacial score (nSPS) is 22.6. The number of nitrogens with zero attached hydrogens (tertiary/aromatic N) is 3. The lowest BCUT2D eigenvalue weighted by Gasteiger charge is -2.26. The summed E-state index contributed by atoms with van der Waals surface area (Å²) in [4.78, 5) is 4.88. The summed E-state index contributed by atoms with van der Waals surface area (Å²) in [6.45, 7) is 7.62. The van der Waals surface area contributed by atoms with E-state index in [1.807, 2.05) is 5.41 Å². The van der Waals surface area contributed by atoms with Crippen molar-refractivity contribution >= 4 is 38.3 Å². The summed E-state index contributed by atoms with van der Waals surface area (Å²) in [5.74, 6) is 0. The number of nitrogens with one attached hydrogen (secondary N) is 2. The van der Waals surface area contributed by atoms with Crippen molar-refractivity contribution in [3.63, 3.8) is 0 Å². The van der Waals surface area contributed by atoms with Crippen LogP contribution in [0.2, 0.25) is 0 Å². The molecule has 0 radical (unpaired) electrons. The van der Waals surface area contributed by atoms with Crippen LogP contribution in [-0.4, -0.2) is 61.5 Å². The highest BCUT2D eigenvalue weighted by atomic mass is 32.2. The summed E-state index contributed by atoms with van der Waals surface area (Å²) in [5, 5.41) is 2.73. The number of rotatable bonds is 6. The van der Waals surface area contributed by atoms with Crippen molar-refractivity contribution in [2.24, 2.45) is 4.99 Å². The van der Waals surface area contributed by atoms with Crippen molar-refractivity contribution in [3.05, 3.63) is 52.7 Å². The molecule has 5 rings (SSSR count). The van der Waals surface area contributed by atoms with Crippen LogP contribution in [0.15, 0.2) is 45.6 Å². The Kier molecular flexibility index (Phi) is 7.21. The third-order valence-electron chi connectivity index (χ3n) is 6.54. The maximum absolute atomic E-state index is 12.8. The van der Waals surface area contributed by atoms with Gasteiger partial charge in [-0.3, -0.25) is 10.9 Å². The molecule has 1 aromatic carbocycles. The van der Waals surface area contributed by atoms with Gasteiger partial charge in [-0.05, 0) is 57.0 Å². The molecule has 2 saturated heterocycles. The van der Waals surface area contributed by atoms with E-state index in [9.17, 15) is 8.42 Å². The highest BCUT2D eigenvalue weighted by Gasteiger charge is 2.26. The quantitative estimate of drug-likeness (QED) is 0.608. The van der Waals surface area contributed by atoms with Crippen LogP contribution in [0, 0.1) is 13.8 Å². The van der Waals surface area contributed by atoms with Crippen molar-refractivity contribution in [1.82, 2.24) is 19.7 Å². The fourth-order valence-electron chi connectivity index (χ4n) is 4.57.